The molecule has 3 aromatic rings. The highest BCUT2D eigenvalue weighted by atomic mass is 16.5. The SMILES string of the molecule is c1ccc2cc(-c3cn(CCCN4CCOCC4)nn3)ccc2c1. The Bertz CT molecular complexity index is 808. The molecule has 0 N–H and O–H groups in total. The molecule has 5 heteroatoms. The van der Waals surface area contributed by atoms with E-state index in [1.165, 1.54) is 10.8 Å². The molecule has 0 unspecified atom stereocenters. The van der Waals surface area contributed by atoms with Crippen LogP contribution in [0.5, 0.6) is 0 Å². The summed E-state index contributed by atoms with van der Waals surface area (Å²) in [5.74, 6) is 0. The Balaban J connectivity index is 1.40. The van der Waals surface area contributed by atoms with Crippen LogP contribution in [-0.4, -0.2) is 52.7 Å². The molecule has 0 aliphatic carbocycles. The van der Waals surface area contributed by atoms with E-state index in [-0.39, 0.29) is 0 Å². The van der Waals surface area contributed by atoms with Gasteiger partial charge >= 0.3 is 0 Å². The van der Waals surface area contributed by atoms with Crippen molar-refractivity contribution in [3.63, 3.8) is 0 Å². The number of hydrogen-bond acceptors (Lipinski definition) is 4. The summed E-state index contributed by atoms with van der Waals surface area (Å²) in [6.45, 7) is 5.79. The summed E-state index contributed by atoms with van der Waals surface area (Å²) in [7, 11) is 0. The van der Waals surface area contributed by atoms with Crippen molar-refractivity contribution in [1.82, 2.24) is 19.9 Å². The van der Waals surface area contributed by atoms with Crippen molar-refractivity contribution in [3.8, 4) is 11.3 Å². The molecule has 124 valence electrons. The number of nitrogens with zero attached hydrogens (tertiary/aromatic N) is 4. The molecule has 0 atom stereocenters. The van der Waals surface area contributed by atoms with E-state index in [0.29, 0.717) is 0 Å². The van der Waals surface area contributed by atoms with Gasteiger partial charge in [-0.2, -0.15) is 0 Å². The lowest BCUT2D eigenvalue weighted by Crippen LogP contribution is -2.37. The standard InChI is InChI=1S/C19H22N4O/c1-2-5-17-14-18(7-6-16(17)4-1)19-15-23(21-20-19)9-3-8-22-10-12-24-13-11-22/h1-2,4-7,14-15H,3,8-13H2. The molecule has 0 radical (unpaired) electrons. The van der Waals surface area contributed by atoms with Gasteiger partial charge in [0.15, 0.2) is 0 Å². The zero-order chi connectivity index (χ0) is 16.2. The molecule has 0 amide bonds. The lowest BCUT2D eigenvalue weighted by atomic mass is 10.1. The van der Waals surface area contributed by atoms with E-state index in [4.69, 9.17) is 4.74 Å². The van der Waals surface area contributed by atoms with Crippen molar-refractivity contribution >= 4 is 10.8 Å². The number of morpholine rings is 1. The number of fused-ring (bicyclic) bond motifs is 1. The maximum absolute atomic E-state index is 5.38. The first-order valence-electron chi connectivity index (χ1n) is 8.58. The highest BCUT2D eigenvalue weighted by Crippen LogP contribution is 2.22. The summed E-state index contributed by atoms with van der Waals surface area (Å²) >= 11 is 0. The highest BCUT2D eigenvalue weighted by molar-refractivity contribution is 5.86. The molecule has 1 aliphatic heterocycles. The summed E-state index contributed by atoms with van der Waals surface area (Å²) in [4.78, 5) is 2.45. The van der Waals surface area contributed by atoms with Crippen LogP contribution in [0.15, 0.2) is 48.7 Å². The number of ether oxygens (including phenoxy) is 1. The molecule has 24 heavy (non-hydrogen) atoms. The quantitative estimate of drug-likeness (QED) is 0.724. The Morgan fingerprint density at radius 2 is 1.79 bits per heavy atom. The van der Waals surface area contributed by atoms with Gasteiger partial charge in [0, 0.05) is 31.7 Å². The largest absolute Gasteiger partial charge is 0.379 e. The molecule has 4 rings (SSSR count). The summed E-state index contributed by atoms with van der Waals surface area (Å²) < 4.78 is 7.33. The second-order valence-electron chi connectivity index (χ2n) is 6.24. The van der Waals surface area contributed by atoms with E-state index in [9.17, 15) is 0 Å². The number of aryl methyl sites for hydroxylation is 1. The normalized spacial score (nSPS) is 15.8. The lowest BCUT2D eigenvalue weighted by Gasteiger charge is -2.26. The number of benzene rings is 2. The maximum atomic E-state index is 5.38. The number of hydrogen-bond donors (Lipinski definition) is 0. The van der Waals surface area contributed by atoms with E-state index in [2.05, 4.69) is 57.7 Å². The molecule has 1 saturated heterocycles. The minimum absolute atomic E-state index is 0.857. The third-order valence-corrected chi connectivity index (χ3v) is 4.55. The zero-order valence-electron chi connectivity index (χ0n) is 13.8. The van der Waals surface area contributed by atoms with Gasteiger partial charge < -0.3 is 4.74 Å². The predicted octanol–water partition coefficient (Wildman–Crippen LogP) is 2.82. The zero-order valence-corrected chi connectivity index (χ0v) is 13.8. The van der Waals surface area contributed by atoms with Gasteiger partial charge in [0.2, 0.25) is 0 Å². The molecule has 0 spiro atoms. The smallest absolute Gasteiger partial charge is 0.113 e. The lowest BCUT2D eigenvalue weighted by molar-refractivity contribution is 0.0368. The van der Waals surface area contributed by atoms with Gasteiger partial charge in [0.05, 0.1) is 19.4 Å². The summed E-state index contributed by atoms with van der Waals surface area (Å²) in [5.41, 5.74) is 2.06. The molecule has 0 saturated carbocycles. The highest BCUT2D eigenvalue weighted by Gasteiger charge is 2.10. The Morgan fingerprint density at radius 1 is 0.958 bits per heavy atom. The van der Waals surface area contributed by atoms with Crippen LogP contribution in [0, 0.1) is 0 Å². The van der Waals surface area contributed by atoms with Crippen molar-refractivity contribution in [1.29, 1.82) is 0 Å². The maximum Gasteiger partial charge on any atom is 0.113 e. The van der Waals surface area contributed by atoms with E-state index < -0.39 is 0 Å². The predicted molar refractivity (Wildman–Crippen MR) is 94.8 cm³/mol. The summed E-state index contributed by atoms with van der Waals surface area (Å²) in [6.07, 6.45) is 3.13. The fourth-order valence-corrected chi connectivity index (χ4v) is 3.17. The van der Waals surface area contributed by atoms with E-state index in [1.807, 2.05) is 10.9 Å². The van der Waals surface area contributed by atoms with Crippen LogP contribution in [0.2, 0.25) is 0 Å². The van der Waals surface area contributed by atoms with Gasteiger partial charge in [0.25, 0.3) is 0 Å². The molecule has 2 heterocycles. The minimum atomic E-state index is 0.857. The van der Waals surface area contributed by atoms with Crippen molar-refractivity contribution in [3.05, 3.63) is 48.7 Å². The fraction of sp³-hybridized carbons (Fsp3) is 0.368. The molecular formula is C19H22N4O. The van der Waals surface area contributed by atoms with Crippen molar-refractivity contribution in [2.75, 3.05) is 32.8 Å². The molecule has 1 aromatic heterocycles. The van der Waals surface area contributed by atoms with Gasteiger partial charge in [-0.15, -0.1) is 5.10 Å². The third-order valence-electron chi connectivity index (χ3n) is 4.55. The van der Waals surface area contributed by atoms with Crippen LogP contribution in [0.4, 0.5) is 0 Å². The van der Waals surface area contributed by atoms with Gasteiger partial charge in [-0.3, -0.25) is 9.58 Å². The van der Waals surface area contributed by atoms with E-state index in [1.54, 1.807) is 0 Å². The van der Waals surface area contributed by atoms with Gasteiger partial charge in [-0.05, 0) is 23.3 Å². The monoisotopic (exact) mass is 322 g/mol. The molecule has 1 fully saturated rings. The first kappa shape index (κ1) is 15.3. The van der Waals surface area contributed by atoms with Crippen LogP contribution in [0.1, 0.15) is 6.42 Å². The summed E-state index contributed by atoms with van der Waals surface area (Å²) in [6, 6.07) is 14.8. The second kappa shape index (κ2) is 7.11. The van der Waals surface area contributed by atoms with Crippen LogP contribution in [0.3, 0.4) is 0 Å². The van der Waals surface area contributed by atoms with Gasteiger partial charge in [-0.25, -0.2) is 0 Å². The average Bonchev–Trinajstić information content (AvgIpc) is 3.11. The Kier molecular flexibility index (Phi) is 4.53. The number of aromatic nitrogens is 3. The van der Waals surface area contributed by atoms with Crippen molar-refractivity contribution < 1.29 is 4.74 Å². The second-order valence-corrected chi connectivity index (χ2v) is 6.24. The molecule has 2 aromatic carbocycles. The fourth-order valence-electron chi connectivity index (χ4n) is 3.17. The Hall–Kier alpha value is -2.24. The van der Waals surface area contributed by atoms with Gasteiger partial charge in [-0.1, -0.05) is 41.6 Å². The first-order valence-corrected chi connectivity index (χ1v) is 8.58. The molecule has 0 bridgehead atoms. The van der Waals surface area contributed by atoms with Crippen molar-refractivity contribution in [2.24, 2.45) is 0 Å². The summed E-state index contributed by atoms with van der Waals surface area (Å²) in [5, 5.41) is 11.1. The van der Waals surface area contributed by atoms with Crippen LogP contribution >= 0.6 is 0 Å². The molecular weight excluding hydrogens is 300 g/mol. The molecule has 1 aliphatic rings. The van der Waals surface area contributed by atoms with Crippen LogP contribution < -0.4 is 0 Å². The van der Waals surface area contributed by atoms with E-state index >= 15 is 0 Å². The Labute approximate surface area is 141 Å². The third kappa shape index (κ3) is 3.47. The van der Waals surface area contributed by atoms with Crippen molar-refractivity contribution in [2.45, 2.75) is 13.0 Å². The number of rotatable bonds is 5. The Morgan fingerprint density at radius 3 is 2.67 bits per heavy atom. The van der Waals surface area contributed by atoms with Crippen LogP contribution in [0.25, 0.3) is 22.0 Å². The molecule has 5 nitrogen and oxygen atoms in total. The van der Waals surface area contributed by atoms with Gasteiger partial charge in [0.1, 0.15) is 5.69 Å². The average molecular weight is 322 g/mol. The van der Waals surface area contributed by atoms with Crippen LogP contribution in [-0.2, 0) is 11.3 Å². The first-order chi connectivity index (χ1) is 11.9. The minimum Gasteiger partial charge on any atom is -0.379 e. The van der Waals surface area contributed by atoms with E-state index in [0.717, 1.165) is 57.1 Å². The topological polar surface area (TPSA) is 43.2 Å².